The summed E-state index contributed by atoms with van der Waals surface area (Å²) in [5, 5.41) is 3.24. The standard InChI is InChI=1S/C18H26BrNO/c1-12-6-13(8-14(19)7-12)16(21)20-15-9-17(2,3)11-18(4,5)10-15/h6-8,15H,9-11H2,1-5H3,(H,20,21). The van der Waals surface area contributed by atoms with E-state index >= 15 is 0 Å². The Hall–Kier alpha value is -0.830. The lowest BCUT2D eigenvalue weighted by Gasteiger charge is -2.45. The van der Waals surface area contributed by atoms with Crippen molar-refractivity contribution in [2.75, 3.05) is 0 Å². The first-order chi connectivity index (χ1) is 9.56. The minimum absolute atomic E-state index is 0.0397. The van der Waals surface area contributed by atoms with Gasteiger partial charge in [0.2, 0.25) is 0 Å². The van der Waals surface area contributed by atoms with Crippen molar-refractivity contribution in [3.63, 3.8) is 0 Å². The van der Waals surface area contributed by atoms with Crippen LogP contribution in [0.5, 0.6) is 0 Å². The van der Waals surface area contributed by atoms with Crippen LogP contribution in [-0.4, -0.2) is 11.9 Å². The molecule has 1 aliphatic carbocycles. The lowest BCUT2D eigenvalue weighted by Crippen LogP contribution is -2.46. The van der Waals surface area contributed by atoms with Gasteiger partial charge in [-0.05, 0) is 60.8 Å². The molecule has 0 heterocycles. The second-order valence-electron chi connectivity index (χ2n) is 8.10. The lowest BCUT2D eigenvalue weighted by molar-refractivity contribution is 0.0713. The molecule has 2 nitrogen and oxygen atoms in total. The maximum atomic E-state index is 12.5. The van der Waals surface area contributed by atoms with E-state index in [1.165, 1.54) is 6.42 Å². The van der Waals surface area contributed by atoms with Crippen LogP contribution >= 0.6 is 15.9 Å². The van der Waals surface area contributed by atoms with Gasteiger partial charge in [-0.1, -0.05) is 43.6 Å². The van der Waals surface area contributed by atoms with Crippen molar-refractivity contribution in [1.82, 2.24) is 5.32 Å². The second-order valence-corrected chi connectivity index (χ2v) is 9.02. The minimum Gasteiger partial charge on any atom is -0.349 e. The topological polar surface area (TPSA) is 29.1 Å². The molecule has 3 heteroatoms. The van der Waals surface area contributed by atoms with E-state index in [1.54, 1.807) is 0 Å². The number of nitrogens with one attached hydrogen (secondary N) is 1. The molecule has 1 fully saturated rings. The summed E-state index contributed by atoms with van der Waals surface area (Å²) in [5.74, 6) is 0.0397. The summed E-state index contributed by atoms with van der Waals surface area (Å²) in [7, 11) is 0. The van der Waals surface area contributed by atoms with Gasteiger partial charge in [-0.25, -0.2) is 0 Å². The molecule has 0 aromatic heterocycles. The zero-order valence-corrected chi connectivity index (χ0v) is 15.3. The van der Waals surface area contributed by atoms with Crippen LogP contribution in [-0.2, 0) is 0 Å². The molecule has 1 amide bonds. The third-order valence-electron chi connectivity index (χ3n) is 4.19. The number of aryl methyl sites for hydroxylation is 1. The predicted molar refractivity (Wildman–Crippen MR) is 91.5 cm³/mol. The predicted octanol–water partition coefficient (Wildman–Crippen LogP) is 5.09. The molecule has 1 saturated carbocycles. The first kappa shape index (κ1) is 16.5. The van der Waals surface area contributed by atoms with Crippen LogP contribution < -0.4 is 5.32 Å². The SMILES string of the molecule is Cc1cc(Br)cc(C(=O)NC2CC(C)(C)CC(C)(C)C2)c1. The van der Waals surface area contributed by atoms with Crippen molar-refractivity contribution < 1.29 is 4.79 Å². The van der Waals surface area contributed by atoms with Gasteiger partial charge in [-0.3, -0.25) is 4.79 Å². The minimum atomic E-state index is 0.0397. The molecule has 0 radical (unpaired) electrons. The Kier molecular flexibility index (Phi) is 4.53. The van der Waals surface area contributed by atoms with Crippen molar-refractivity contribution >= 4 is 21.8 Å². The molecule has 0 spiro atoms. The summed E-state index contributed by atoms with van der Waals surface area (Å²) in [6, 6.07) is 6.11. The van der Waals surface area contributed by atoms with Crippen molar-refractivity contribution in [3.05, 3.63) is 33.8 Å². The van der Waals surface area contributed by atoms with Crippen LogP contribution in [0.3, 0.4) is 0 Å². The molecule has 0 unspecified atom stereocenters. The van der Waals surface area contributed by atoms with Crippen LogP contribution in [0, 0.1) is 17.8 Å². The molecule has 0 aliphatic heterocycles. The Balaban J connectivity index is 2.12. The smallest absolute Gasteiger partial charge is 0.251 e. The average molecular weight is 352 g/mol. The largest absolute Gasteiger partial charge is 0.349 e. The molecule has 1 aromatic carbocycles. The summed E-state index contributed by atoms with van der Waals surface area (Å²) in [6.07, 6.45) is 3.31. The molecule has 21 heavy (non-hydrogen) atoms. The molecule has 1 N–H and O–H groups in total. The monoisotopic (exact) mass is 351 g/mol. The van der Waals surface area contributed by atoms with E-state index in [0.717, 1.165) is 28.4 Å². The zero-order valence-electron chi connectivity index (χ0n) is 13.7. The molecule has 116 valence electrons. The second kappa shape index (κ2) is 5.75. The summed E-state index contributed by atoms with van der Waals surface area (Å²) in [6.45, 7) is 11.2. The lowest BCUT2D eigenvalue weighted by atomic mass is 9.63. The van der Waals surface area contributed by atoms with Crippen molar-refractivity contribution in [2.24, 2.45) is 10.8 Å². The number of rotatable bonds is 2. The third-order valence-corrected chi connectivity index (χ3v) is 4.65. The highest BCUT2D eigenvalue weighted by molar-refractivity contribution is 9.10. The third kappa shape index (κ3) is 4.57. The Bertz CT molecular complexity index is 512. The van der Waals surface area contributed by atoms with E-state index < -0.39 is 0 Å². The summed E-state index contributed by atoms with van der Waals surface area (Å²) >= 11 is 3.46. The fourth-order valence-electron chi connectivity index (χ4n) is 4.08. The van der Waals surface area contributed by atoms with Crippen LogP contribution in [0.4, 0.5) is 0 Å². The number of hydrogen-bond donors (Lipinski definition) is 1. The van der Waals surface area contributed by atoms with Gasteiger partial charge in [0.05, 0.1) is 0 Å². The maximum absolute atomic E-state index is 12.5. The van der Waals surface area contributed by atoms with E-state index in [1.807, 2.05) is 25.1 Å². The normalized spacial score (nSPS) is 21.0. The molecular weight excluding hydrogens is 326 g/mol. The van der Waals surface area contributed by atoms with Gasteiger partial charge < -0.3 is 5.32 Å². The van der Waals surface area contributed by atoms with Crippen LogP contribution in [0.2, 0.25) is 0 Å². The van der Waals surface area contributed by atoms with Crippen LogP contribution in [0.1, 0.15) is 62.9 Å². The Morgan fingerprint density at radius 2 is 1.71 bits per heavy atom. The van der Waals surface area contributed by atoms with Crippen LogP contribution in [0.25, 0.3) is 0 Å². The highest BCUT2D eigenvalue weighted by Crippen LogP contribution is 2.45. The van der Waals surface area contributed by atoms with E-state index in [9.17, 15) is 4.79 Å². The van der Waals surface area contributed by atoms with Gasteiger partial charge in [0.15, 0.2) is 0 Å². The molecule has 0 bridgehead atoms. The molecule has 1 aliphatic rings. The number of benzene rings is 1. The van der Waals surface area contributed by atoms with E-state index in [4.69, 9.17) is 0 Å². The van der Waals surface area contributed by atoms with Crippen molar-refractivity contribution in [3.8, 4) is 0 Å². The maximum Gasteiger partial charge on any atom is 0.251 e. The van der Waals surface area contributed by atoms with Gasteiger partial charge >= 0.3 is 0 Å². The van der Waals surface area contributed by atoms with Gasteiger partial charge in [0.25, 0.3) is 5.91 Å². The number of carbonyl (C=O) groups is 1. The molecule has 0 atom stereocenters. The van der Waals surface area contributed by atoms with Crippen LogP contribution in [0.15, 0.2) is 22.7 Å². The highest BCUT2D eigenvalue weighted by Gasteiger charge is 2.38. The molecule has 2 rings (SSSR count). The summed E-state index contributed by atoms with van der Waals surface area (Å²) < 4.78 is 0.956. The Morgan fingerprint density at radius 1 is 1.14 bits per heavy atom. The number of carbonyl (C=O) groups excluding carboxylic acids is 1. The molecular formula is C18H26BrNO. The number of amides is 1. The molecule has 0 saturated heterocycles. The van der Waals surface area contributed by atoms with Crippen molar-refractivity contribution in [1.29, 1.82) is 0 Å². The Morgan fingerprint density at radius 3 is 2.24 bits per heavy atom. The summed E-state index contributed by atoms with van der Waals surface area (Å²) in [4.78, 5) is 12.5. The first-order valence-corrected chi connectivity index (χ1v) is 8.44. The Labute approximate surface area is 136 Å². The quantitative estimate of drug-likeness (QED) is 0.789. The summed E-state index contributed by atoms with van der Waals surface area (Å²) in [5.41, 5.74) is 2.40. The van der Waals surface area contributed by atoms with E-state index in [0.29, 0.717) is 0 Å². The zero-order chi connectivity index (χ0) is 15.8. The first-order valence-electron chi connectivity index (χ1n) is 7.64. The van der Waals surface area contributed by atoms with Gasteiger partial charge in [-0.15, -0.1) is 0 Å². The van der Waals surface area contributed by atoms with Gasteiger partial charge in [0.1, 0.15) is 0 Å². The van der Waals surface area contributed by atoms with E-state index in [-0.39, 0.29) is 22.8 Å². The van der Waals surface area contributed by atoms with Gasteiger partial charge in [-0.2, -0.15) is 0 Å². The average Bonchev–Trinajstić information content (AvgIpc) is 2.22. The van der Waals surface area contributed by atoms with Crippen molar-refractivity contribution in [2.45, 2.75) is 59.9 Å². The highest BCUT2D eigenvalue weighted by atomic mass is 79.9. The fraction of sp³-hybridized carbons (Fsp3) is 0.611. The fourth-order valence-corrected chi connectivity index (χ4v) is 4.69. The van der Waals surface area contributed by atoms with Gasteiger partial charge in [0, 0.05) is 16.1 Å². The number of halogens is 1. The molecule has 1 aromatic rings. The number of hydrogen-bond acceptors (Lipinski definition) is 1. The van der Waals surface area contributed by atoms with E-state index in [2.05, 4.69) is 48.9 Å².